The first-order chi connectivity index (χ1) is 12.7. The minimum atomic E-state index is -0.198. The van der Waals surface area contributed by atoms with Crippen molar-refractivity contribution in [3.63, 3.8) is 0 Å². The van der Waals surface area contributed by atoms with Crippen LogP contribution in [0.5, 0.6) is 0 Å². The third-order valence-electron chi connectivity index (χ3n) is 5.56. The van der Waals surface area contributed by atoms with Gasteiger partial charge in [-0.05, 0) is 93.0 Å². The van der Waals surface area contributed by atoms with Crippen LogP contribution in [-0.2, 0) is 0 Å². The van der Waals surface area contributed by atoms with Crippen molar-refractivity contribution in [1.82, 2.24) is 4.90 Å². The fraction of sp³-hybridized carbons (Fsp3) is 0.409. The Kier molecular flexibility index (Phi) is 5.30. The Labute approximate surface area is 159 Å². The van der Waals surface area contributed by atoms with E-state index in [0.717, 1.165) is 33.1 Å². The van der Waals surface area contributed by atoms with Gasteiger partial charge in [0.15, 0.2) is 0 Å². The molecule has 2 saturated heterocycles. The quantitative estimate of drug-likeness (QED) is 0.477. The van der Waals surface area contributed by atoms with Crippen LogP contribution in [0.3, 0.4) is 0 Å². The fourth-order valence-electron chi connectivity index (χ4n) is 4.04. The lowest BCUT2D eigenvalue weighted by atomic mass is 9.84. The number of halogens is 1. The van der Waals surface area contributed by atoms with Gasteiger partial charge in [0.25, 0.3) is 0 Å². The SMILES string of the molecule is CC(=Nc1ccc(Sc2ccc(F)cc2)cc1)N1CC2CCC(CC2)C1. The first-order valence-electron chi connectivity index (χ1n) is 9.49. The molecule has 2 nitrogen and oxygen atoms in total. The second-order valence-corrected chi connectivity index (χ2v) is 8.65. The van der Waals surface area contributed by atoms with Crippen LogP contribution >= 0.6 is 11.8 Å². The molecule has 0 aromatic heterocycles. The Morgan fingerprint density at radius 2 is 1.38 bits per heavy atom. The average Bonchev–Trinajstić information content (AvgIpc) is 2.99. The average molecular weight is 369 g/mol. The second kappa shape index (κ2) is 7.83. The number of rotatable bonds is 3. The standard InChI is InChI=1S/C22H25FN2S/c1-16(25-14-17-2-3-18(15-25)5-4-17)24-20-8-12-22(13-9-20)26-21-10-6-19(23)7-11-21/h6-13,17-18H,2-5,14-15H2,1H3. The zero-order chi connectivity index (χ0) is 17.9. The summed E-state index contributed by atoms with van der Waals surface area (Å²) in [6.45, 7) is 4.49. The number of fused-ring (bicyclic) bond motifs is 4. The van der Waals surface area contributed by atoms with Crippen LogP contribution in [0.1, 0.15) is 32.6 Å². The highest BCUT2D eigenvalue weighted by Crippen LogP contribution is 2.34. The van der Waals surface area contributed by atoms with Crippen LogP contribution in [-0.4, -0.2) is 23.8 Å². The van der Waals surface area contributed by atoms with E-state index in [1.165, 1.54) is 50.9 Å². The molecule has 0 atom stereocenters. The minimum Gasteiger partial charge on any atom is -0.360 e. The molecule has 2 heterocycles. The number of nitrogens with zero attached hydrogens (tertiary/aromatic N) is 2. The van der Waals surface area contributed by atoms with Crippen LogP contribution < -0.4 is 0 Å². The molecule has 2 aromatic carbocycles. The van der Waals surface area contributed by atoms with E-state index in [4.69, 9.17) is 4.99 Å². The van der Waals surface area contributed by atoms with E-state index in [2.05, 4.69) is 36.1 Å². The zero-order valence-corrected chi connectivity index (χ0v) is 16.0. The molecule has 1 saturated carbocycles. The van der Waals surface area contributed by atoms with Gasteiger partial charge in [-0.25, -0.2) is 9.38 Å². The molecule has 4 heteroatoms. The molecule has 0 amide bonds. The third-order valence-corrected chi connectivity index (χ3v) is 6.57. The predicted octanol–water partition coefficient (Wildman–Crippen LogP) is 6.15. The van der Waals surface area contributed by atoms with Crippen LogP contribution in [0.25, 0.3) is 0 Å². The number of benzene rings is 2. The maximum Gasteiger partial charge on any atom is 0.123 e. The monoisotopic (exact) mass is 368 g/mol. The summed E-state index contributed by atoms with van der Waals surface area (Å²) in [6, 6.07) is 14.9. The van der Waals surface area contributed by atoms with Crippen LogP contribution in [0, 0.1) is 17.7 Å². The molecular formula is C22H25FN2S. The van der Waals surface area contributed by atoms with Gasteiger partial charge in [-0.1, -0.05) is 11.8 Å². The van der Waals surface area contributed by atoms with Crippen LogP contribution in [0.15, 0.2) is 63.3 Å². The highest BCUT2D eigenvalue weighted by Gasteiger charge is 2.29. The molecule has 0 spiro atoms. The van der Waals surface area contributed by atoms with Gasteiger partial charge in [0.05, 0.1) is 5.69 Å². The van der Waals surface area contributed by atoms with Crippen molar-refractivity contribution < 1.29 is 4.39 Å². The van der Waals surface area contributed by atoms with Crippen LogP contribution in [0.2, 0.25) is 0 Å². The Hall–Kier alpha value is -1.81. The Balaban J connectivity index is 1.43. The summed E-state index contributed by atoms with van der Waals surface area (Å²) in [5.41, 5.74) is 1.00. The molecule has 2 aliphatic heterocycles. The summed E-state index contributed by atoms with van der Waals surface area (Å²) in [5.74, 6) is 2.65. The lowest BCUT2D eigenvalue weighted by Crippen LogP contribution is -2.32. The van der Waals surface area contributed by atoms with E-state index < -0.39 is 0 Å². The van der Waals surface area contributed by atoms with E-state index >= 15 is 0 Å². The molecule has 3 aliphatic rings. The first-order valence-corrected chi connectivity index (χ1v) is 10.3. The summed E-state index contributed by atoms with van der Waals surface area (Å²) in [7, 11) is 0. The highest BCUT2D eigenvalue weighted by atomic mass is 32.2. The lowest BCUT2D eigenvalue weighted by molar-refractivity contribution is 0.326. The van der Waals surface area contributed by atoms with E-state index in [0.29, 0.717) is 0 Å². The summed E-state index contributed by atoms with van der Waals surface area (Å²) in [4.78, 5) is 9.54. The smallest absolute Gasteiger partial charge is 0.123 e. The molecule has 0 N–H and O–H groups in total. The Morgan fingerprint density at radius 1 is 0.885 bits per heavy atom. The minimum absolute atomic E-state index is 0.198. The number of aliphatic imine (C=N–C) groups is 1. The molecule has 2 bridgehead atoms. The Bertz CT molecular complexity index is 748. The molecule has 0 radical (unpaired) electrons. The van der Waals surface area contributed by atoms with Gasteiger partial charge in [-0.15, -0.1) is 0 Å². The van der Waals surface area contributed by atoms with Gasteiger partial charge in [0, 0.05) is 22.9 Å². The highest BCUT2D eigenvalue weighted by molar-refractivity contribution is 7.99. The van der Waals surface area contributed by atoms with Gasteiger partial charge in [0.1, 0.15) is 11.7 Å². The maximum absolute atomic E-state index is 13.0. The van der Waals surface area contributed by atoms with Gasteiger partial charge in [0.2, 0.25) is 0 Å². The molecule has 136 valence electrons. The fourth-order valence-corrected chi connectivity index (χ4v) is 4.86. The van der Waals surface area contributed by atoms with Crippen molar-refractivity contribution in [2.45, 2.75) is 42.4 Å². The van der Waals surface area contributed by atoms with Crippen molar-refractivity contribution in [3.8, 4) is 0 Å². The number of hydrogen-bond acceptors (Lipinski definition) is 2. The van der Waals surface area contributed by atoms with Crippen molar-refractivity contribution in [2.24, 2.45) is 16.8 Å². The van der Waals surface area contributed by atoms with Crippen molar-refractivity contribution >= 4 is 23.3 Å². The van der Waals surface area contributed by atoms with Gasteiger partial charge in [-0.3, -0.25) is 0 Å². The van der Waals surface area contributed by atoms with E-state index in [1.54, 1.807) is 11.8 Å². The maximum atomic E-state index is 13.0. The van der Waals surface area contributed by atoms with Gasteiger partial charge < -0.3 is 4.90 Å². The summed E-state index contributed by atoms with van der Waals surface area (Å²) >= 11 is 1.64. The summed E-state index contributed by atoms with van der Waals surface area (Å²) in [5, 5.41) is 0. The normalized spacial score (nSPS) is 23.2. The van der Waals surface area contributed by atoms with Crippen molar-refractivity contribution in [3.05, 3.63) is 54.3 Å². The largest absolute Gasteiger partial charge is 0.360 e. The molecule has 2 aromatic rings. The molecule has 0 unspecified atom stereocenters. The topological polar surface area (TPSA) is 15.6 Å². The molecule has 1 aliphatic carbocycles. The second-order valence-electron chi connectivity index (χ2n) is 7.50. The van der Waals surface area contributed by atoms with Crippen LogP contribution in [0.4, 0.5) is 10.1 Å². The van der Waals surface area contributed by atoms with E-state index in [-0.39, 0.29) is 5.82 Å². The number of hydrogen-bond donors (Lipinski definition) is 0. The Morgan fingerprint density at radius 3 is 1.92 bits per heavy atom. The molecular weight excluding hydrogens is 343 g/mol. The van der Waals surface area contributed by atoms with Gasteiger partial charge >= 0.3 is 0 Å². The van der Waals surface area contributed by atoms with Gasteiger partial charge in [-0.2, -0.15) is 0 Å². The zero-order valence-electron chi connectivity index (χ0n) is 15.2. The van der Waals surface area contributed by atoms with Crippen molar-refractivity contribution in [1.29, 1.82) is 0 Å². The summed E-state index contributed by atoms with van der Waals surface area (Å²) in [6.07, 6.45) is 5.57. The number of amidine groups is 1. The molecule has 5 rings (SSSR count). The molecule has 3 fully saturated rings. The molecule has 26 heavy (non-hydrogen) atoms. The summed E-state index contributed by atoms with van der Waals surface area (Å²) < 4.78 is 13.0. The van der Waals surface area contributed by atoms with Crippen molar-refractivity contribution in [2.75, 3.05) is 13.1 Å². The predicted molar refractivity (Wildman–Crippen MR) is 107 cm³/mol. The van der Waals surface area contributed by atoms with E-state index in [1.807, 2.05) is 12.1 Å². The van der Waals surface area contributed by atoms with E-state index in [9.17, 15) is 4.39 Å². The lowest BCUT2D eigenvalue weighted by Gasteiger charge is -2.24. The first kappa shape index (κ1) is 17.6. The third kappa shape index (κ3) is 4.29.